The number of alkyl halides is 3. The van der Waals surface area contributed by atoms with E-state index < -0.39 is 11.7 Å². The van der Waals surface area contributed by atoms with Crippen LogP contribution >= 0.6 is 0 Å². The van der Waals surface area contributed by atoms with Gasteiger partial charge in [0.1, 0.15) is 0 Å². The molecule has 0 bridgehead atoms. The van der Waals surface area contributed by atoms with Crippen molar-refractivity contribution in [1.82, 2.24) is 14.5 Å². The van der Waals surface area contributed by atoms with Gasteiger partial charge in [-0.05, 0) is 44.9 Å². The highest BCUT2D eigenvalue weighted by molar-refractivity contribution is 5.59. The second-order valence-electron chi connectivity index (χ2n) is 7.60. The highest BCUT2D eigenvalue weighted by atomic mass is 19.4. The predicted octanol–water partition coefficient (Wildman–Crippen LogP) is 3.43. The number of halogens is 3. The van der Waals surface area contributed by atoms with Gasteiger partial charge in [-0.2, -0.15) is 13.2 Å². The Labute approximate surface area is 166 Å². The van der Waals surface area contributed by atoms with Crippen LogP contribution in [0.1, 0.15) is 29.7 Å². The van der Waals surface area contributed by atoms with Crippen LogP contribution in [-0.4, -0.2) is 40.4 Å². The number of aryl methyl sites for hydroxylation is 1. The van der Waals surface area contributed by atoms with Crippen LogP contribution in [0.15, 0.2) is 29.1 Å². The third kappa shape index (κ3) is 3.89. The summed E-state index contributed by atoms with van der Waals surface area (Å²) in [4.78, 5) is 21.1. The van der Waals surface area contributed by atoms with Crippen molar-refractivity contribution in [3.05, 3.63) is 51.4 Å². The van der Waals surface area contributed by atoms with Crippen molar-refractivity contribution in [3.63, 3.8) is 0 Å². The molecule has 1 aromatic heterocycles. The number of anilines is 2. The molecule has 2 aliphatic heterocycles. The SMILES string of the molecule is Cc1nc2n(c(=O)c1C)CN(CC1CCCO1)CN2c1cccc(C(F)(F)F)c1. The molecule has 0 N–H and O–H groups in total. The molecule has 6 nitrogen and oxygen atoms in total. The van der Waals surface area contributed by atoms with Crippen molar-refractivity contribution in [2.45, 2.75) is 45.6 Å². The van der Waals surface area contributed by atoms with E-state index in [1.54, 1.807) is 24.8 Å². The summed E-state index contributed by atoms with van der Waals surface area (Å²) in [7, 11) is 0. The van der Waals surface area contributed by atoms with Crippen molar-refractivity contribution >= 4 is 11.6 Å². The van der Waals surface area contributed by atoms with Crippen molar-refractivity contribution in [3.8, 4) is 0 Å². The lowest BCUT2D eigenvalue weighted by molar-refractivity contribution is -0.137. The summed E-state index contributed by atoms with van der Waals surface area (Å²) in [5, 5.41) is 0. The lowest BCUT2D eigenvalue weighted by Gasteiger charge is -2.39. The second kappa shape index (κ2) is 7.46. The molecule has 1 saturated heterocycles. The fourth-order valence-electron chi connectivity index (χ4n) is 3.82. The van der Waals surface area contributed by atoms with Crippen molar-refractivity contribution in [1.29, 1.82) is 0 Å². The van der Waals surface area contributed by atoms with E-state index >= 15 is 0 Å². The first-order chi connectivity index (χ1) is 13.7. The highest BCUT2D eigenvalue weighted by Gasteiger charge is 2.33. The molecule has 1 fully saturated rings. The maximum absolute atomic E-state index is 13.2. The summed E-state index contributed by atoms with van der Waals surface area (Å²) >= 11 is 0. The minimum absolute atomic E-state index is 0.0649. The van der Waals surface area contributed by atoms with Crippen LogP contribution in [0.2, 0.25) is 0 Å². The van der Waals surface area contributed by atoms with Gasteiger partial charge in [-0.25, -0.2) is 4.98 Å². The number of fused-ring (bicyclic) bond motifs is 1. The molecule has 0 saturated carbocycles. The van der Waals surface area contributed by atoms with E-state index in [0.717, 1.165) is 25.0 Å². The molecular weight excluding hydrogens is 385 g/mol. The number of aromatic nitrogens is 2. The molecule has 1 aromatic carbocycles. The summed E-state index contributed by atoms with van der Waals surface area (Å²) in [5.41, 5.74) is 0.550. The van der Waals surface area contributed by atoms with Crippen LogP contribution in [0.3, 0.4) is 0 Å². The van der Waals surface area contributed by atoms with Gasteiger partial charge in [0.15, 0.2) is 0 Å². The van der Waals surface area contributed by atoms with E-state index in [9.17, 15) is 18.0 Å². The van der Waals surface area contributed by atoms with Crippen LogP contribution in [0.4, 0.5) is 24.8 Å². The van der Waals surface area contributed by atoms with Crippen molar-refractivity contribution in [2.75, 3.05) is 24.7 Å². The van der Waals surface area contributed by atoms with Crippen LogP contribution in [0.25, 0.3) is 0 Å². The smallest absolute Gasteiger partial charge is 0.377 e. The monoisotopic (exact) mass is 408 g/mol. The lowest BCUT2D eigenvalue weighted by atomic mass is 10.1. The molecule has 1 unspecified atom stereocenters. The fourth-order valence-corrected chi connectivity index (χ4v) is 3.82. The fraction of sp³-hybridized carbons (Fsp3) is 0.500. The zero-order valence-electron chi connectivity index (χ0n) is 16.4. The van der Waals surface area contributed by atoms with Gasteiger partial charge >= 0.3 is 6.18 Å². The molecule has 156 valence electrons. The Morgan fingerprint density at radius 2 is 2.03 bits per heavy atom. The third-order valence-electron chi connectivity index (χ3n) is 5.51. The molecule has 0 radical (unpaired) electrons. The molecule has 0 aliphatic carbocycles. The lowest BCUT2D eigenvalue weighted by Crippen LogP contribution is -2.49. The standard InChI is InChI=1S/C20H23F3N4O2/c1-13-14(2)24-19-26(16-6-3-5-15(9-16)20(21,22)23)11-25(12-27(19)18(13)28)10-17-7-4-8-29-17/h3,5-6,9,17H,4,7-8,10-12H2,1-2H3. The first-order valence-electron chi connectivity index (χ1n) is 9.61. The third-order valence-corrected chi connectivity index (χ3v) is 5.51. The van der Waals surface area contributed by atoms with Gasteiger partial charge in [0.2, 0.25) is 5.95 Å². The summed E-state index contributed by atoms with van der Waals surface area (Å²) in [6.45, 7) is 5.43. The molecule has 29 heavy (non-hydrogen) atoms. The molecule has 2 aliphatic rings. The number of ether oxygens (including phenoxy) is 1. The Bertz CT molecular complexity index is 967. The summed E-state index contributed by atoms with van der Waals surface area (Å²) < 4.78 is 47.0. The van der Waals surface area contributed by atoms with Gasteiger partial charge in [0.25, 0.3) is 5.56 Å². The predicted molar refractivity (Wildman–Crippen MR) is 102 cm³/mol. The van der Waals surface area contributed by atoms with Gasteiger partial charge < -0.3 is 4.74 Å². The van der Waals surface area contributed by atoms with Crippen LogP contribution < -0.4 is 10.5 Å². The van der Waals surface area contributed by atoms with E-state index in [-0.39, 0.29) is 11.7 Å². The van der Waals surface area contributed by atoms with Gasteiger partial charge in [-0.15, -0.1) is 0 Å². The summed E-state index contributed by atoms with van der Waals surface area (Å²) in [6.07, 6.45) is -2.45. The molecule has 0 spiro atoms. The minimum Gasteiger partial charge on any atom is -0.377 e. The molecular formula is C20H23F3N4O2. The zero-order chi connectivity index (χ0) is 20.8. The number of hydrogen-bond donors (Lipinski definition) is 0. The van der Waals surface area contributed by atoms with Crippen molar-refractivity contribution < 1.29 is 17.9 Å². The Hall–Kier alpha value is -2.39. The summed E-state index contributed by atoms with van der Waals surface area (Å²) in [6, 6.07) is 5.12. The Kier molecular flexibility index (Phi) is 5.12. The number of benzene rings is 1. The molecule has 3 heterocycles. The van der Waals surface area contributed by atoms with Crippen LogP contribution in [0.5, 0.6) is 0 Å². The topological polar surface area (TPSA) is 50.6 Å². The number of rotatable bonds is 3. The van der Waals surface area contributed by atoms with Gasteiger partial charge in [-0.1, -0.05) is 6.07 Å². The van der Waals surface area contributed by atoms with Crippen molar-refractivity contribution in [2.24, 2.45) is 0 Å². The van der Waals surface area contributed by atoms with Gasteiger partial charge in [0, 0.05) is 30.1 Å². The van der Waals surface area contributed by atoms with E-state index in [1.165, 1.54) is 10.6 Å². The van der Waals surface area contributed by atoms with E-state index in [1.807, 2.05) is 4.90 Å². The van der Waals surface area contributed by atoms with Crippen LogP contribution in [0, 0.1) is 13.8 Å². The molecule has 0 amide bonds. The van der Waals surface area contributed by atoms with E-state index in [4.69, 9.17) is 4.74 Å². The van der Waals surface area contributed by atoms with Gasteiger partial charge in [0.05, 0.1) is 25.0 Å². The Balaban J connectivity index is 1.77. The summed E-state index contributed by atoms with van der Waals surface area (Å²) in [5.74, 6) is 0.362. The van der Waals surface area contributed by atoms with E-state index in [2.05, 4.69) is 4.98 Å². The number of nitrogens with zero attached hydrogens (tertiary/aromatic N) is 4. The molecule has 2 aromatic rings. The molecule has 9 heteroatoms. The molecule has 1 atom stereocenters. The average Bonchev–Trinajstić information content (AvgIpc) is 3.19. The molecule has 4 rings (SSSR count). The largest absolute Gasteiger partial charge is 0.416 e. The maximum Gasteiger partial charge on any atom is 0.416 e. The quantitative estimate of drug-likeness (QED) is 0.779. The van der Waals surface area contributed by atoms with E-state index in [0.29, 0.717) is 49.4 Å². The van der Waals surface area contributed by atoms with Crippen LogP contribution in [-0.2, 0) is 17.6 Å². The minimum atomic E-state index is -4.44. The number of hydrogen-bond acceptors (Lipinski definition) is 5. The highest BCUT2D eigenvalue weighted by Crippen LogP contribution is 2.34. The first kappa shape index (κ1) is 19.9. The normalized spacial score (nSPS) is 20.2. The maximum atomic E-state index is 13.2. The zero-order valence-corrected chi connectivity index (χ0v) is 16.4. The average molecular weight is 408 g/mol. The first-order valence-corrected chi connectivity index (χ1v) is 9.61. The van der Waals surface area contributed by atoms with Gasteiger partial charge in [-0.3, -0.25) is 19.2 Å². The Morgan fingerprint density at radius 3 is 2.72 bits per heavy atom. The second-order valence-corrected chi connectivity index (χ2v) is 7.60. The Morgan fingerprint density at radius 1 is 1.24 bits per heavy atom.